The van der Waals surface area contributed by atoms with Crippen molar-refractivity contribution < 1.29 is 9.59 Å². The molecule has 6 nitrogen and oxygen atoms in total. The van der Waals surface area contributed by atoms with E-state index in [4.69, 9.17) is 0 Å². The summed E-state index contributed by atoms with van der Waals surface area (Å²) < 4.78 is 0.778. The van der Waals surface area contributed by atoms with Crippen molar-refractivity contribution in [1.82, 2.24) is 10.2 Å². The van der Waals surface area contributed by atoms with Crippen LogP contribution in [0.5, 0.6) is 0 Å². The lowest BCUT2D eigenvalue weighted by Crippen LogP contribution is -2.12. The van der Waals surface area contributed by atoms with Gasteiger partial charge in [0.15, 0.2) is 4.34 Å². The van der Waals surface area contributed by atoms with E-state index in [1.165, 1.54) is 30.0 Å². The first-order valence-corrected chi connectivity index (χ1v) is 10.4. The fourth-order valence-electron chi connectivity index (χ4n) is 2.62. The predicted octanol–water partition coefficient (Wildman–Crippen LogP) is 4.66. The maximum absolute atomic E-state index is 12.5. The summed E-state index contributed by atoms with van der Waals surface area (Å²) in [5.41, 5.74) is 4.70. The zero-order chi connectivity index (χ0) is 20.1. The van der Waals surface area contributed by atoms with Crippen LogP contribution in [-0.4, -0.2) is 22.0 Å². The average Bonchev–Trinajstić information content (AvgIpc) is 3.06. The minimum Gasteiger partial charge on any atom is -0.322 e. The van der Waals surface area contributed by atoms with Gasteiger partial charge in [0.05, 0.1) is 0 Å². The van der Waals surface area contributed by atoms with E-state index in [1.807, 2.05) is 50.2 Å². The molecule has 0 atom stereocenters. The highest BCUT2D eigenvalue weighted by atomic mass is 32.2. The molecule has 0 aliphatic rings. The molecule has 144 valence electrons. The number of nitrogens with zero attached hydrogens (tertiary/aromatic N) is 2. The molecule has 28 heavy (non-hydrogen) atoms. The maximum Gasteiger partial charge on any atom is 0.255 e. The van der Waals surface area contributed by atoms with E-state index in [1.54, 1.807) is 0 Å². The Bertz CT molecular complexity index is 979. The van der Waals surface area contributed by atoms with Crippen LogP contribution in [0.1, 0.15) is 34.0 Å². The monoisotopic (exact) mass is 412 g/mol. The van der Waals surface area contributed by atoms with Gasteiger partial charge in [0.2, 0.25) is 11.0 Å². The summed E-state index contributed by atoms with van der Waals surface area (Å²) in [5.74, 6) is 0.406. The van der Waals surface area contributed by atoms with Crippen LogP contribution in [0.3, 0.4) is 0 Å². The van der Waals surface area contributed by atoms with E-state index >= 15 is 0 Å². The molecule has 0 aliphatic heterocycles. The second kappa shape index (κ2) is 8.99. The van der Waals surface area contributed by atoms with E-state index in [2.05, 4.69) is 26.9 Å². The highest BCUT2D eigenvalue weighted by Crippen LogP contribution is 2.28. The minimum absolute atomic E-state index is 0.131. The van der Waals surface area contributed by atoms with Gasteiger partial charge in [-0.1, -0.05) is 41.3 Å². The zero-order valence-corrected chi connectivity index (χ0v) is 17.4. The van der Waals surface area contributed by atoms with Gasteiger partial charge in [-0.25, -0.2) is 0 Å². The molecule has 3 rings (SSSR count). The fourth-order valence-corrected chi connectivity index (χ4v) is 4.37. The van der Waals surface area contributed by atoms with Crippen LogP contribution in [0.4, 0.5) is 10.8 Å². The molecule has 3 aromatic rings. The van der Waals surface area contributed by atoms with Crippen LogP contribution < -0.4 is 10.6 Å². The van der Waals surface area contributed by atoms with Gasteiger partial charge >= 0.3 is 0 Å². The van der Waals surface area contributed by atoms with Crippen molar-refractivity contribution in [3.63, 3.8) is 0 Å². The summed E-state index contributed by atoms with van der Waals surface area (Å²) in [5, 5.41) is 14.0. The van der Waals surface area contributed by atoms with Crippen LogP contribution in [0.15, 0.2) is 46.8 Å². The second-order valence-electron chi connectivity index (χ2n) is 6.37. The minimum atomic E-state index is -0.164. The number of hydrogen-bond donors (Lipinski definition) is 2. The molecular formula is C20H20N4O2S2. The lowest BCUT2D eigenvalue weighted by atomic mass is 10.1. The van der Waals surface area contributed by atoms with Crippen molar-refractivity contribution >= 4 is 45.7 Å². The quantitative estimate of drug-likeness (QED) is 0.454. The van der Waals surface area contributed by atoms with E-state index in [0.29, 0.717) is 16.4 Å². The van der Waals surface area contributed by atoms with Crippen molar-refractivity contribution in [1.29, 1.82) is 0 Å². The summed E-state index contributed by atoms with van der Waals surface area (Å²) in [6.45, 7) is 5.45. The van der Waals surface area contributed by atoms with Crippen molar-refractivity contribution in [3.05, 3.63) is 64.7 Å². The smallest absolute Gasteiger partial charge is 0.255 e. The number of thioether (sulfide) groups is 1. The van der Waals surface area contributed by atoms with Gasteiger partial charge in [-0.05, 0) is 54.8 Å². The molecule has 0 saturated heterocycles. The molecule has 0 aliphatic carbocycles. The van der Waals surface area contributed by atoms with Gasteiger partial charge in [-0.3, -0.25) is 9.59 Å². The summed E-state index contributed by atoms with van der Waals surface area (Å²) in [6, 6.07) is 13.5. The number of benzene rings is 2. The molecule has 1 aromatic heterocycles. The van der Waals surface area contributed by atoms with Gasteiger partial charge in [0, 0.05) is 23.9 Å². The SMILES string of the molecule is CC(=O)Nc1nnc(SCc2ccc(C(=O)Nc3cc(C)cc(C)c3)cc2)s1. The first-order chi connectivity index (χ1) is 13.4. The number of amides is 2. The Morgan fingerprint density at radius 2 is 1.68 bits per heavy atom. The zero-order valence-electron chi connectivity index (χ0n) is 15.8. The van der Waals surface area contributed by atoms with Gasteiger partial charge in [0.25, 0.3) is 5.91 Å². The van der Waals surface area contributed by atoms with Gasteiger partial charge in [0.1, 0.15) is 0 Å². The maximum atomic E-state index is 12.5. The predicted molar refractivity (Wildman–Crippen MR) is 114 cm³/mol. The molecule has 2 N–H and O–H groups in total. The largest absolute Gasteiger partial charge is 0.322 e. The molecule has 2 aromatic carbocycles. The topological polar surface area (TPSA) is 84.0 Å². The third-order valence-corrected chi connectivity index (χ3v) is 5.79. The third-order valence-electron chi connectivity index (χ3n) is 3.75. The number of hydrogen-bond acceptors (Lipinski definition) is 6. The van der Waals surface area contributed by atoms with Crippen molar-refractivity contribution in [2.75, 3.05) is 10.6 Å². The van der Waals surface area contributed by atoms with E-state index in [0.717, 1.165) is 26.7 Å². The van der Waals surface area contributed by atoms with E-state index in [-0.39, 0.29) is 11.8 Å². The number of rotatable bonds is 6. The van der Waals surface area contributed by atoms with Gasteiger partial charge in [-0.15, -0.1) is 10.2 Å². The lowest BCUT2D eigenvalue weighted by molar-refractivity contribution is -0.114. The van der Waals surface area contributed by atoms with Crippen LogP contribution in [-0.2, 0) is 10.5 Å². The Balaban J connectivity index is 1.57. The second-order valence-corrected chi connectivity index (χ2v) is 8.57. The Morgan fingerprint density at radius 3 is 2.32 bits per heavy atom. The Morgan fingerprint density at radius 1 is 1.00 bits per heavy atom. The molecule has 0 bridgehead atoms. The van der Waals surface area contributed by atoms with Crippen LogP contribution in [0.2, 0.25) is 0 Å². The normalized spacial score (nSPS) is 10.5. The van der Waals surface area contributed by atoms with Crippen molar-refractivity contribution in [3.8, 4) is 0 Å². The lowest BCUT2D eigenvalue weighted by Gasteiger charge is -2.08. The highest BCUT2D eigenvalue weighted by molar-refractivity contribution is 8.00. The molecule has 0 fully saturated rings. The number of nitrogens with one attached hydrogen (secondary N) is 2. The molecule has 8 heteroatoms. The van der Waals surface area contributed by atoms with Gasteiger partial charge in [-0.2, -0.15) is 0 Å². The molecule has 1 heterocycles. The number of carbonyl (C=O) groups excluding carboxylic acids is 2. The molecule has 0 unspecified atom stereocenters. The number of anilines is 2. The molecule has 2 amide bonds. The average molecular weight is 413 g/mol. The molecule has 0 radical (unpaired) electrons. The van der Waals surface area contributed by atoms with Crippen LogP contribution in [0, 0.1) is 13.8 Å². The Hall–Kier alpha value is -2.71. The van der Waals surface area contributed by atoms with Crippen molar-refractivity contribution in [2.24, 2.45) is 0 Å². The van der Waals surface area contributed by atoms with Gasteiger partial charge < -0.3 is 10.6 Å². The fraction of sp³-hybridized carbons (Fsp3) is 0.200. The molecule has 0 spiro atoms. The summed E-state index contributed by atoms with van der Waals surface area (Å²) >= 11 is 2.87. The Kier molecular flexibility index (Phi) is 6.43. The van der Waals surface area contributed by atoms with E-state index < -0.39 is 0 Å². The first-order valence-electron chi connectivity index (χ1n) is 8.61. The molecule has 0 saturated carbocycles. The number of carbonyl (C=O) groups is 2. The van der Waals surface area contributed by atoms with Crippen LogP contribution >= 0.6 is 23.1 Å². The summed E-state index contributed by atoms with van der Waals surface area (Å²) in [6.07, 6.45) is 0. The number of aromatic nitrogens is 2. The Labute approximate surface area is 171 Å². The number of aryl methyl sites for hydroxylation is 2. The summed E-state index contributed by atoms with van der Waals surface area (Å²) in [7, 11) is 0. The standard InChI is InChI=1S/C20H20N4O2S2/c1-12-8-13(2)10-17(9-12)22-18(26)16-6-4-15(5-7-16)11-27-20-24-23-19(28-20)21-14(3)25/h4-10H,11H2,1-3H3,(H,22,26)(H,21,23,25). The molecular weight excluding hydrogens is 392 g/mol. The van der Waals surface area contributed by atoms with Crippen LogP contribution in [0.25, 0.3) is 0 Å². The first kappa shape index (κ1) is 20.0. The highest BCUT2D eigenvalue weighted by Gasteiger charge is 2.09. The third kappa shape index (κ3) is 5.64. The summed E-state index contributed by atoms with van der Waals surface area (Å²) in [4.78, 5) is 23.5. The van der Waals surface area contributed by atoms with Crippen molar-refractivity contribution in [2.45, 2.75) is 30.9 Å². The van der Waals surface area contributed by atoms with E-state index in [9.17, 15) is 9.59 Å².